The largest absolute Gasteiger partial charge is 0.507 e. The second-order valence-electron chi connectivity index (χ2n) is 4.79. The number of hydrogen-bond donors (Lipinski definition) is 1. The lowest BCUT2D eigenvalue weighted by Gasteiger charge is -2.14. The van der Waals surface area contributed by atoms with Crippen LogP contribution in [-0.2, 0) is 6.18 Å². The van der Waals surface area contributed by atoms with E-state index in [1.54, 1.807) is 0 Å². The lowest BCUT2D eigenvalue weighted by Crippen LogP contribution is -2.26. The first-order valence-electron chi connectivity index (χ1n) is 6.27. The molecule has 116 valence electrons. The fraction of sp³-hybridized carbons (Fsp3) is 0.200. The number of pyridine rings is 1. The number of ketones is 1. The van der Waals surface area contributed by atoms with E-state index in [1.165, 1.54) is 25.1 Å². The normalized spacial score (nSPS) is 11.5. The van der Waals surface area contributed by atoms with Gasteiger partial charge in [-0.1, -0.05) is 6.07 Å². The maximum atomic E-state index is 12.8. The van der Waals surface area contributed by atoms with Gasteiger partial charge >= 0.3 is 6.18 Å². The number of aryl methyl sites for hydroxylation is 1. The fourth-order valence-electron chi connectivity index (χ4n) is 2.19. The van der Waals surface area contributed by atoms with E-state index in [0.29, 0.717) is 0 Å². The summed E-state index contributed by atoms with van der Waals surface area (Å²) >= 11 is 0. The van der Waals surface area contributed by atoms with E-state index in [0.717, 1.165) is 23.6 Å². The predicted molar refractivity (Wildman–Crippen MR) is 73.4 cm³/mol. The van der Waals surface area contributed by atoms with Gasteiger partial charge in [-0.25, -0.2) is 0 Å². The van der Waals surface area contributed by atoms with Crippen LogP contribution in [0, 0.1) is 6.92 Å². The number of halogens is 3. The molecular weight excluding hydrogens is 299 g/mol. The molecule has 0 radical (unpaired) electrons. The van der Waals surface area contributed by atoms with Gasteiger partial charge in [0.2, 0.25) is 0 Å². The summed E-state index contributed by atoms with van der Waals surface area (Å²) in [6, 6.07) is 5.36. The Morgan fingerprint density at radius 2 is 1.86 bits per heavy atom. The number of rotatable bonds is 2. The van der Waals surface area contributed by atoms with Gasteiger partial charge in [0.1, 0.15) is 11.3 Å². The Hall–Kier alpha value is -2.57. The number of carbonyl (C=O) groups is 1. The molecular formula is C15H12F3NO3. The minimum Gasteiger partial charge on any atom is -0.507 e. The van der Waals surface area contributed by atoms with Crippen LogP contribution < -0.4 is 5.56 Å². The van der Waals surface area contributed by atoms with Gasteiger partial charge in [-0.2, -0.15) is 13.2 Å². The van der Waals surface area contributed by atoms with Crippen LogP contribution in [0.2, 0.25) is 0 Å². The van der Waals surface area contributed by atoms with Crippen LogP contribution in [0.15, 0.2) is 35.1 Å². The quantitative estimate of drug-likeness (QED) is 0.867. The molecule has 4 nitrogen and oxygen atoms in total. The van der Waals surface area contributed by atoms with Crippen LogP contribution in [0.4, 0.5) is 13.2 Å². The Labute approximate surface area is 123 Å². The SMILES string of the molecule is CC(=O)c1c(O)cc(C)n(-c2cccc(C(F)(F)F)c2)c1=O. The van der Waals surface area contributed by atoms with Crippen LogP contribution in [0.1, 0.15) is 28.5 Å². The standard InChI is InChI=1S/C15H12F3NO3/c1-8-6-12(21)13(9(2)20)14(22)19(8)11-5-3-4-10(7-11)15(16,17)18/h3-7,21H,1-2H3. The third-order valence-corrected chi connectivity index (χ3v) is 3.16. The first kappa shape index (κ1) is 15.8. The van der Waals surface area contributed by atoms with Crippen LogP contribution in [0.5, 0.6) is 5.75 Å². The highest BCUT2D eigenvalue weighted by atomic mass is 19.4. The van der Waals surface area contributed by atoms with Crippen LogP contribution in [0.3, 0.4) is 0 Å². The zero-order chi connectivity index (χ0) is 16.7. The summed E-state index contributed by atoms with van der Waals surface area (Å²) in [5.74, 6) is -1.15. The molecule has 2 rings (SSSR count). The fourth-order valence-corrected chi connectivity index (χ4v) is 2.19. The number of carbonyl (C=O) groups excluding carboxylic acids is 1. The van der Waals surface area contributed by atoms with E-state index >= 15 is 0 Å². The summed E-state index contributed by atoms with van der Waals surface area (Å²) in [5.41, 5.74) is -2.03. The van der Waals surface area contributed by atoms with E-state index in [-0.39, 0.29) is 11.4 Å². The molecule has 22 heavy (non-hydrogen) atoms. The van der Waals surface area contributed by atoms with Gasteiger partial charge in [0.05, 0.1) is 5.56 Å². The summed E-state index contributed by atoms with van der Waals surface area (Å²) in [5, 5.41) is 9.68. The smallest absolute Gasteiger partial charge is 0.416 e. The van der Waals surface area contributed by atoms with E-state index < -0.39 is 34.4 Å². The molecule has 1 heterocycles. The molecule has 0 aliphatic carbocycles. The van der Waals surface area contributed by atoms with E-state index in [9.17, 15) is 27.9 Å². The van der Waals surface area contributed by atoms with E-state index in [4.69, 9.17) is 0 Å². The maximum Gasteiger partial charge on any atom is 0.416 e. The van der Waals surface area contributed by atoms with Crippen molar-refractivity contribution in [3.8, 4) is 11.4 Å². The van der Waals surface area contributed by atoms with Crippen molar-refractivity contribution in [1.82, 2.24) is 4.57 Å². The number of aromatic hydroxyl groups is 1. The highest BCUT2D eigenvalue weighted by Crippen LogP contribution is 2.30. The molecule has 0 atom stereocenters. The molecule has 7 heteroatoms. The number of aromatic nitrogens is 1. The topological polar surface area (TPSA) is 59.3 Å². The van der Waals surface area contributed by atoms with Gasteiger partial charge in [-0.05, 0) is 32.0 Å². The number of alkyl halides is 3. The van der Waals surface area contributed by atoms with Gasteiger partial charge < -0.3 is 5.11 Å². The monoisotopic (exact) mass is 311 g/mol. The van der Waals surface area contributed by atoms with Crippen LogP contribution in [0.25, 0.3) is 5.69 Å². The van der Waals surface area contributed by atoms with Crippen molar-refractivity contribution >= 4 is 5.78 Å². The molecule has 0 saturated heterocycles. The first-order chi connectivity index (χ1) is 10.1. The van der Waals surface area contributed by atoms with Crippen molar-refractivity contribution in [2.24, 2.45) is 0 Å². The summed E-state index contributed by atoms with van der Waals surface area (Å²) in [7, 11) is 0. The highest BCUT2D eigenvalue weighted by molar-refractivity contribution is 5.96. The van der Waals surface area contributed by atoms with E-state index in [1.807, 2.05) is 0 Å². The molecule has 2 aromatic rings. The number of nitrogens with zero attached hydrogens (tertiary/aromatic N) is 1. The molecule has 1 aromatic heterocycles. The lowest BCUT2D eigenvalue weighted by atomic mass is 10.1. The van der Waals surface area contributed by atoms with Crippen molar-refractivity contribution < 1.29 is 23.1 Å². The zero-order valence-corrected chi connectivity index (χ0v) is 11.7. The molecule has 0 aliphatic rings. The number of hydrogen-bond acceptors (Lipinski definition) is 3. The average molecular weight is 311 g/mol. The van der Waals surface area contributed by atoms with E-state index in [2.05, 4.69) is 0 Å². The van der Waals surface area contributed by atoms with Gasteiger partial charge in [0, 0.05) is 17.4 Å². The Kier molecular flexibility index (Phi) is 3.83. The molecule has 0 fully saturated rings. The summed E-state index contributed by atoms with van der Waals surface area (Å²) < 4.78 is 39.3. The van der Waals surface area contributed by atoms with Crippen LogP contribution >= 0.6 is 0 Å². The van der Waals surface area contributed by atoms with Crippen molar-refractivity contribution in [1.29, 1.82) is 0 Å². The van der Waals surface area contributed by atoms with Crippen molar-refractivity contribution in [2.75, 3.05) is 0 Å². The third kappa shape index (κ3) is 2.74. The lowest BCUT2D eigenvalue weighted by molar-refractivity contribution is -0.137. The summed E-state index contributed by atoms with van der Waals surface area (Å²) in [6.45, 7) is 2.55. The second kappa shape index (κ2) is 5.32. The van der Waals surface area contributed by atoms with Crippen molar-refractivity contribution in [3.05, 3.63) is 57.5 Å². The van der Waals surface area contributed by atoms with Gasteiger partial charge in [-0.3, -0.25) is 14.2 Å². The van der Waals surface area contributed by atoms with Gasteiger partial charge in [0.15, 0.2) is 5.78 Å². The highest BCUT2D eigenvalue weighted by Gasteiger charge is 2.30. The molecule has 0 saturated carbocycles. The molecule has 0 bridgehead atoms. The number of Topliss-reactive ketones (excluding diaryl/α,β-unsaturated/α-hetero) is 1. The van der Waals surface area contributed by atoms with Gasteiger partial charge in [-0.15, -0.1) is 0 Å². The third-order valence-electron chi connectivity index (χ3n) is 3.16. The summed E-state index contributed by atoms with van der Waals surface area (Å²) in [4.78, 5) is 23.8. The maximum absolute atomic E-state index is 12.8. The Balaban J connectivity index is 2.76. The van der Waals surface area contributed by atoms with Crippen LogP contribution in [-0.4, -0.2) is 15.5 Å². The Morgan fingerprint density at radius 1 is 1.23 bits per heavy atom. The predicted octanol–water partition coefficient (Wildman–Crippen LogP) is 3.07. The minimum atomic E-state index is -4.55. The molecule has 0 aliphatic heterocycles. The second-order valence-corrected chi connectivity index (χ2v) is 4.79. The molecule has 0 spiro atoms. The molecule has 0 amide bonds. The summed E-state index contributed by atoms with van der Waals surface area (Å²) in [6.07, 6.45) is -4.55. The molecule has 0 unspecified atom stereocenters. The van der Waals surface area contributed by atoms with Crippen molar-refractivity contribution in [2.45, 2.75) is 20.0 Å². The zero-order valence-electron chi connectivity index (χ0n) is 11.7. The minimum absolute atomic E-state index is 0.0279. The Bertz CT molecular complexity index is 807. The first-order valence-corrected chi connectivity index (χ1v) is 6.27. The molecule has 1 aromatic carbocycles. The molecule has 1 N–H and O–H groups in total. The van der Waals surface area contributed by atoms with Gasteiger partial charge in [0.25, 0.3) is 5.56 Å². The number of benzene rings is 1. The Morgan fingerprint density at radius 3 is 2.41 bits per heavy atom. The van der Waals surface area contributed by atoms with Crippen molar-refractivity contribution in [3.63, 3.8) is 0 Å². The average Bonchev–Trinajstić information content (AvgIpc) is 2.36.